The van der Waals surface area contributed by atoms with Crippen molar-refractivity contribution in [2.75, 3.05) is 18.9 Å². The van der Waals surface area contributed by atoms with Crippen molar-refractivity contribution in [2.45, 2.75) is 0 Å². The van der Waals surface area contributed by atoms with E-state index in [9.17, 15) is 32.9 Å². The van der Waals surface area contributed by atoms with Crippen LogP contribution in [-0.2, 0) is 4.79 Å². The molecule has 0 atom stereocenters. The Morgan fingerprint density at radius 2 is 1.94 bits per heavy atom. The van der Waals surface area contributed by atoms with Gasteiger partial charge in [-0.15, -0.1) is 0 Å². The number of carbonyl (C=O) groups excluding carboxylic acids is 2. The second-order valence-corrected chi connectivity index (χ2v) is 6.23. The van der Waals surface area contributed by atoms with Gasteiger partial charge < -0.3 is 10.2 Å². The molecule has 0 aliphatic heterocycles. The molecule has 1 aromatic heterocycles. The standard InChI is InChI=1S/C18H13F3N6O4/c1-25(7-15(28)24-12-4-3-11(19)16(20)17(12)21)18(29)10-2-5-13(14(6-10)27(30)31)26-9-22-8-23-26/h2-6,8-9H,7H2,1H3,(H,24,28). The highest BCUT2D eigenvalue weighted by molar-refractivity contribution is 5.99. The van der Waals surface area contributed by atoms with Crippen LogP contribution in [0.1, 0.15) is 10.4 Å². The molecule has 2 aromatic carbocycles. The van der Waals surface area contributed by atoms with E-state index in [2.05, 4.69) is 10.1 Å². The number of nitrogens with one attached hydrogen (secondary N) is 1. The molecule has 2 amide bonds. The van der Waals surface area contributed by atoms with Crippen LogP contribution >= 0.6 is 0 Å². The van der Waals surface area contributed by atoms with E-state index in [4.69, 9.17) is 0 Å². The number of hydrogen-bond acceptors (Lipinski definition) is 6. The van der Waals surface area contributed by atoms with Gasteiger partial charge in [-0.3, -0.25) is 19.7 Å². The van der Waals surface area contributed by atoms with E-state index in [1.165, 1.54) is 31.8 Å². The average molecular weight is 434 g/mol. The smallest absolute Gasteiger partial charge is 0.295 e. The number of nitro benzene ring substituents is 1. The van der Waals surface area contributed by atoms with Gasteiger partial charge in [0.1, 0.15) is 18.3 Å². The summed E-state index contributed by atoms with van der Waals surface area (Å²) in [6.45, 7) is -0.587. The van der Waals surface area contributed by atoms with E-state index in [1.807, 2.05) is 5.32 Å². The zero-order valence-corrected chi connectivity index (χ0v) is 15.8. The molecule has 0 bridgehead atoms. The first-order valence-corrected chi connectivity index (χ1v) is 8.51. The van der Waals surface area contributed by atoms with Crippen molar-refractivity contribution < 1.29 is 27.7 Å². The Balaban J connectivity index is 1.75. The lowest BCUT2D eigenvalue weighted by molar-refractivity contribution is -0.384. The Morgan fingerprint density at radius 1 is 1.19 bits per heavy atom. The van der Waals surface area contributed by atoms with E-state index < -0.39 is 52.1 Å². The second-order valence-electron chi connectivity index (χ2n) is 6.23. The van der Waals surface area contributed by atoms with Crippen molar-refractivity contribution >= 4 is 23.2 Å². The van der Waals surface area contributed by atoms with Crippen molar-refractivity contribution in [3.8, 4) is 5.69 Å². The number of likely N-dealkylation sites (N-methyl/N-ethyl adjacent to an activating group) is 1. The predicted octanol–water partition coefficient (Wildman–Crippen LogP) is 2.30. The van der Waals surface area contributed by atoms with Crippen LogP contribution in [0.2, 0.25) is 0 Å². The molecule has 1 heterocycles. The zero-order chi connectivity index (χ0) is 22.7. The normalized spacial score (nSPS) is 10.6. The Hall–Kier alpha value is -4.29. The van der Waals surface area contributed by atoms with Gasteiger partial charge in [0.15, 0.2) is 17.5 Å². The van der Waals surface area contributed by atoms with Crippen LogP contribution in [0.4, 0.5) is 24.5 Å². The van der Waals surface area contributed by atoms with Gasteiger partial charge in [-0.05, 0) is 24.3 Å². The molecule has 10 nitrogen and oxygen atoms in total. The zero-order valence-electron chi connectivity index (χ0n) is 15.8. The lowest BCUT2D eigenvalue weighted by Gasteiger charge is -2.17. The fourth-order valence-corrected chi connectivity index (χ4v) is 2.65. The number of hydrogen-bond donors (Lipinski definition) is 1. The van der Waals surface area contributed by atoms with Crippen LogP contribution in [-0.4, -0.2) is 50.0 Å². The highest BCUT2D eigenvalue weighted by atomic mass is 19.2. The van der Waals surface area contributed by atoms with E-state index in [0.717, 1.165) is 21.7 Å². The lowest BCUT2D eigenvalue weighted by Crippen LogP contribution is -2.35. The average Bonchev–Trinajstić information content (AvgIpc) is 3.27. The molecule has 0 aliphatic rings. The van der Waals surface area contributed by atoms with Crippen molar-refractivity contribution in [3.63, 3.8) is 0 Å². The summed E-state index contributed by atoms with van der Waals surface area (Å²) in [4.78, 5) is 40.0. The third-order valence-electron chi connectivity index (χ3n) is 4.12. The number of aromatic nitrogens is 3. The quantitative estimate of drug-likeness (QED) is 0.361. The summed E-state index contributed by atoms with van der Waals surface area (Å²) in [6, 6.07) is 5.08. The molecule has 0 radical (unpaired) electrons. The van der Waals surface area contributed by atoms with E-state index in [1.54, 1.807) is 0 Å². The van der Waals surface area contributed by atoms with E-state index in [-0.39, 0.29) is 11.3 Å². The molecule has 0 aliphatic carbocycles. The number of rotatable bonds is 6. The van der Waals surface area contributed by atoms with Gasteiger partial charge in [-0.1, -0.05) is 0 Å². The molecule has 0 unspecified atom stereocenters. The summed E-state index contributed by atoms with van der Waals surface area (Å²) in [5.74, 6) is -6.38. The van der Waals surface area contributed by atoms with Crippen molar-refractivity contribution in [3.05, 3.63) is 76.1 Å². The van der Waals surface area contributed by atoms with Crippen LogP contribution in [0.5, 0.6) is 0 Å². The van der Waals surface area contributed by atoms with Crippen molar-refractivity contribution in [1.82, 2.24) is 19.7 Å². The Kier molecular flexibility index (Phi) is 5.95. The molecule has 13 heteroatoms. The molecule has 160 valence electrons. The molecular weight excluding hydrogens is 421 g/mol. The third-order valence-corrected chi connectivity index (χ3v) is 4.12. The van der Waals surface area contributed by atoms with Crippen LogP contribution in [0, 0.1) is 27.6 Å². The number of nitrogens with zero attached hydrogens (tertiary/aromatic N) is 5. The van der Waals surface area contributed by atoms with Gasteiger partial charge in [0.2, 0.25) is 5.91 Å². The molecule has 3 aromatic rings. The van der Waals surface area contributed by atoms with Crippen molar-refractivity contribution in [2.24, 2.45) is 0 Å². The highest BCUT2D eigenvalue weighted by Gasteiger charge is 2.23. The Bertz CT molecular complexity index is 1170. The SMILES string of the molecule is CN(CC(=O)Nc1ccc(F)c(F)c1F)C(=O)c1ccc(-n2cncn2)c([N+](=O)[O-])c1. The fourth-order valence-electron chi connectivity index (χ4n) is 2.65. The Labute approximate surface area is 172 Å². The second kappa shape index (κ2) is 8.61. The van der Waals surface area contributed by atoms with Crippen LogP contribution in [0.25, 0.3) is 5.69 Å². The third kappa shape index (κ3) is 4.49. The number of halogens is 3. The summed E-state index contributed by atoms with van der Waals surface area (Å²) in [5, 5.41) is 17.2. The summed E-state index contributed by atoms with van der Waals surface area (Å²) < 4.78 is 41.1. The molecule has 0 spiro atoms. The number of benzene rings is 2. The monoisotopic (exact) mass is 434 g/mol. The molecule has 0 saturated carbocycles. The number of amides is 2. The first-order valence-electron chi connectivity index (χ1n) is 8.51. The molecule has 0 saturated heterocycles. The van der Waals surface area contributed by atoms with Crippen LogP contribution in [0.15, 0.2) is 43.0 Å². The molecule has 1 N–H and O–H groups in total. The van der Waals surface area contributed by atoms with Crippen molar-refractivity contribution in [1.29, 1.82) is 0 Å². The summed E-state index contributed by atoms with van der Waals surface area (Å²) in [6.07, 6.45) is 2.43. The van der Waals surface area contributed by atoms with Gasteiger partial charge in [0.25, 0.3) is 11.6 Å². The minimum Gasteiger partial charge on any atom is -0.332 e. The highest BCUT2D eigenvalue weighted by Crippen LogP contribution is 2.24. The number of nitro groups is 1. The van der Waals surface area contributed by atoms with Gasteiger partial charge in [0.05, 0.1) is 17.2 Å². The first kappa shape index (κ1) is 21.4. The Morgan fingerprint density at radius 3 is 2.58 bits per heavy atom. The number of anilines is 1. The maximum atomic E-state index is 13.7. The molecule has 0 fully saturated rings. The summed E-state index contributed by atoms with van der Waals surface area (Å²) in [7, 11) is 1.24. The van der Waals surface area contributed by atoms with Gasteiger partial charge in [-0.25, -0.2) is 22.8 Å². The predicted molar refractivity (Wildman–Crippen MR) is 99.9 cm³/mol. The minimum atomic E-state index is -1.75. The maximum absolute atomic E-state index is 13.7. The molecule has 3 rings (SSSR count). The molecule has 31 heavy (non-hydrogen) atoms. The van der Waals surface area contributed by atoms with Gasteiger partial charge >= 0.3 is 0 Å². The lowest BCUT2D eigenvalue weighted by atomic mass is 10.1. The van der Waals surface area contributed by atoms with Gasteiger partial charge in [-0.2, -0.15) is 5.10 Å². The number of carbonyl (C=O) groups is 2. The van der Waals surface area contributed by atoms with E-state index in [0.29, 0.717) is 6.07 Å². The largest absolute Gasteiger partial charge is 0.332 e. The van der Waals surface area contributed by atoms with Gasteiger partial charge in [0, 0.05) is 18.7 Å². The fraction of sp³-hybridized carbons (Fsp3) is 0.111. The molecular formula is C18H13F3N6O4. The maximum Gasteiger partial charge on any atom is 0.295 e. The topological polar surface area (TPSA) is 123 Å². The van der Waals surface area contributed by atoms with Crippen LogP contribution in [0.3, 0.4) is 0 Å². The first-order chi connectivity index (χ1) is 14.7. The van der Waals surface area contributed by atoms with E-state index >= 15 is 0 Å². The van der Waals surface area contributed by atoms with Crippen LogP contribution < -0.4 is 5.32 Å². The summed E-state index contributed by atoms with van der Waals surface area (Å²) in [5.41, 5.74) is -1.03. The minimum absolute atomic E-state index is 0.0771. The summed E-state index contributed by atoms with van der Waals surface area (Å²) >= 11 is 0.